The van der Waals surface area contributed by atoms with Crippen molar-refractivity contribution in [2.75, 3.05) is 13.2 Å². The van der Waals surface area contributed by atoms with E-state index in [2.05, 4.69) is 74.8 Å². The molecule has 2 atom stereocenters. The van der Waals surface area contributed by atoms with Crippen molar-refractivity contribution >= 4 is 10.9 Å². The van der Waals surface area contributed by atoms with Crippen LogP contribution in [0.4, 0.5) is 0 Å². The molecule has 0 bridgehead atoms. The lowest BCUT2D eigenvalue weighted by atomic mass is 9.89. The van der Waals surface area contributed by atoms with Crippen molar-refractivity contribution in [3.63, 3.8) is 0 Å². The van der Waals surface area contributed by atoms with Crippen molar-refractivity contribution < 1.29 is 0 Å². The minimum Gasteiger partial charge on any atom is -0.361 e. The van der Waals surface area contributed by atoms with Gasteiger partial charge in [0.25, 0.3) is 0 Å². The lowest BCUT2D eigenvalue weighted by molar-refractivity contribution is 0.219. The third-order valence-corrected chi connectivity index (χ3v) is 6.55. The van der Waals surface area contributed by atoms with Crippen molar-refractivity contribution in [1.29, 1.82) is 0 Å². The molecular formula is C24H28N6. The second-order valence-electron chi connectivity index (χ2n) is 8.25. The van der Waals surface area contributed by atoms with Crippen LogP contribution in [0.25, 0.3) is 16.6 Å². The molecule has 0 radical (unpaired) electrons. The van der Waals surface area contributed by atoms with Gasteiger partial charge in [0.2, 0.25) is 0 Å². The zero-order valence-electron chi connectivity index (χ0n) is 17.1. The van der Waals surface area contributed by atoms with E-state index < -0.39 is 0 Å². The molecule has 2 aromatic carbocycles. The monoisotopic (exact) mass is 400 g/mol. The normalized spacial score (nSPS) is 19.6. The van der Waals surface area contributed by atoms with E-state index in [1.54, 1.807) is 12.7 Å². The van der Waals surface area contributed by atoms with Crippen molar-refractivity contribution in [3.8, 4) is 5.69 Å². The predicted octanol–water partition coefficient (Wildman–Crippen LogP) is 3.53. The summed E-state index contributed by atoms with van der Waals surface area (Å²) in [5, 5.41) is 9.13. The standard InChI is InChI=1S/C24H28N6/c25-15-29-11-10-19(12-18-4-2-1-3-5-18)24(29)9-6-20-14-26-23-8-7-21(13-22(20)23)30-16-27-28-17-30/h1-5,7-8,13-14,16-17,19,24,26H,6,9-12,15,25H2/t19-,24?/m1/s1. The van der Waals surface area contributed by atoms with Gasteiger partial charge in [-0.2, -0.15) is 0 Å². The number of nitrogens with two attached hydrogens (primary N) is 1. The zero-order valence-corrected chi connectivity index (χ0v) is 17.1. The molecule has 1 aliphatic heterocycles. The lowest BCUT2D eigenvalue weighted by Crippen LogP contribution is -2.37. The van der Waals surface area contributed by atoms with Crippen molar-refractivity contribution in [2.45, 2.75) is 31.7 Å². The van der Waals surface area contributed by atoms with Crippen molar-refractivity contribution in [3.05, 3.63) is 78.5 Å². The number of hydrogen-bond donors (Lipinski definition) is 2. The first-order valence-corrected chi connectivity index (χ1v) is 10.7. The maximum atomic E-state index is 6.10. The molecule has 1 unspecified atom stereocenters. The number of rotatable bonds is 7. The molecule has 6 nitrogen and oxygen atoms in total. The van der Waals surface area contributed by atoms with Crippen LogP contribution in [0.3, 0.4) is 0 Å². The van der Waals surface area contributed by atoms with Crippen LogP contribution in [0.15, 0.2) is 67.4 Å². The van der Waals surface area contributed by atoms with Gasteiger partial charge in [-0.05, 0) is 67.5 Å². The number of hydrogen-bond acceptors (Lipinski definition) is 4. The second kappa shape index (κ2) is 8.42. The first-order valence-electron chi connectivity index (χ1n) is 10.7. The minimum atomic E-state index is 0.529. The number of aromatic amines is 1. The van der Waals surface area contributed by atoms with Crippen LogP contribution >= 0.6 is 0 Å². The highest BCUT2D eigenvalue weighted by Crippen LogP contribution is 2.31. The summed E-state index contributed by atoms with van der Waals surface area (Å²) in [6.07, 6.45) is 10.2. The molecule has 1 aliphatic rings. The first-order chi connectivity index (χ1) is 14.8. The Labute approximate surface area is 176 Å². The Hall–Kier alpha value is -2.96. The number of aromatic nitrogens is 4. The summed E-state index contributed by atoms with van der Waals surface area (Å²) in [6.45, 7) is 1.74. The Kier molecular flexibility index (Phi) is 5.34. The number of aryl methyl sites for hydroxylation is 1. The van der Waals surface area contributed by atoms with Gasteiger partial charge in [0, 0.05) is 35.5 Å². The molecule has 0 aliphatic carbocycles. The van der Waals surface area contributed by atoms with Gasteiger partial charge < -0.3 is 10.7 Å². The molecule has 1 saturated heterocycles. The van der Waals surface area contributed by atoms with E-state index in [9.17, 15) is 0 Å². The predicted molar refractivity (Wildman–Crippen MR) is 119 cm³/mol. The van der Waals surface area contributed by atoms with Crippen LogP contribution < -0.4 is 5.73 Å². The molecule has 0 saturated carbocycles. The number of nitrogens with zero attached hydrogens (tertiary/aromatic N) is 4. The third-order valence-electron chi connectivity index (χ3n) is 6.55. The Morgan fingerprint density at radius 1 is 1.07 bits per heavy atom. The summed E-state index contributed by atoms with van der Waals surface area (Å²) in [4.78, 5) is 5.90. The van der Waals surface area contributed by atoms with Gasteiger partial charge in [-0.25, -0.2) is 0 Å². The second-order valence-corrected chi connectivity index (χ2v) is 8.25. The molecular weight excluding hydrogens is 372 g/mol. The minimum absolute atomic E-state index is 0.529. The SMILES string of the molecule is NCN1CC[C@H](Cc2ccccc2)C1CCc1c[nH]c2ccc(-n3cnnc3)cc12. The Bertz CT molecular complexity index is 1090. The third kappa shape index (κ3) is 3.76. The average molecular weight is 401 g/mol. The fourth-order valence-corrected chi connectivity index (χ4v) is 4.96. The Morgan fingerprint density at radius 3 is 2.70 bits per heavy atom. The largest absolute Gasteiger partial charge is 0.361 e. The van der Waals surface area contributed by atoms with Crippen LogP contribution in [0, 0.1) is 5.92 Å². The summed E-state index contributed by atoms with van der Waals surface area (Å²) < 4.78 is 1.94. The zero-order chi connectivity index (χ0) is 20.3. The molecule has 5 rings (SSSR count). The highest BCUT2D eigenvalue weighted by atomic mass is 15.2. The van der Waals surface area contributed by atoms with Gasteiger partial charge in [0.05, 0.1) is 0 Å². The van der Waals surface area contributed by atoms with E-state index >= 15 is 0 Å². The Balaban J connectivity index is 1.34. The summed E-state index contributed by atoms with van der Waals surface area (Å²) in [7, 11) is 0. The molecule has 3 N–H and O–H groups in total. The average Bonchev–Trinajstić information content (AvgIpc) is 3.53. The summed E-state index contributed by atoms with van der Waals surface area (Å²) in [5.41, 5.74) is 11.1. The van der Waals surface area contributed by atoms with E-state index in [-0.39, 0.29) is 0 Å². The van der Waals surface area contributed by atoms with Gasteiger partial charge in [-0.1, -0.05) is 30.3 Å². The highest BCUT2D eigenvalue weighted by Gasteiger charge is 2.33. The number of fused-ring (bicyclic) bond motifs is 1. The molecule has 30 heavy (non-hydrogen) atoms. The maximum Gasteiger partial charge on any atom is 0.123 e. The van der Waals surface area contributed by atoms with Crippen molar-refractivity contribution in [2.24, 2.45) is 11.7 Å². The number of benzene rings is 2. The lowest BCUT2D eigenvalue weighted by Gasteiger charge is -2.27. The molecule has 6 heteroatoms. The molecule has 1 fully saturated rings. The van der Waals surface area contributed by atoms with Gasteiger partial charge in [0.1, 0.15) is 12.7 Å². The summed E-state index contributed by atoms with van der Waals surface area (Å²) in [5.74, 6) is 0.661. The molecule has 4 aromatic rings. The van der Waals surface area contributed by atoms with E-state index in [1.165, 1.54) is 28.5 Å². The van der Waals surface area contributed by atoms with Crippen molar-refractivity contribution in [1.82, 2.24) is 24.6 Å². The van der Waals surface area contributed by atoms with Gasteiger partial charge in [-0.3, -0.25) is 9.47 Å². The Morgan fingerprint density at radius 2 is 1.90 bits per heavy atom. The van der Waals surface area contributed by atoms with Crippen LogP contribution in [0.1, 0.15) is 24.0 Å². The first kappa shape index (κ1) is 19.0. The molecule has 0 amide bonds. The quantitative estimate of drug-likeness (QED) is 0.498. The van der Waals surface area contributed by atoms with E-state index in [0.29, 0.717) is 18.6 Å². The molecule has 0 spiro atoms. The van der Waals surface area contributed by atoms with Crippen LogP contribution in [-0.4, -0.2) is 43.9 Å². The molecule has 154 valence electrons. The van der Waals surface area contributed by atoms with Gasteiger partial charge in [-0.15, -0.1) is 10.2 Å². The smallest absolute Gasteiger partial charge is 0.123 e. The fraction of sp³-hybridized carbons (Fsp3) is 0.333. The van der Waals surface area contributed by atoms with Gasteiger partial charge in [0.15, 0.2) is 0 Å². The molecule has 2 aromatic heterocycles. The maximum absolute atomic E-state index is 6.10. The molecule has 3 heterocycles. The van der Waals surface area contributed by atoms with E-state index in [0.717, 1.165) is 31.5 Å². The summed E-state index contributed by atoms with van der Waals surface area (Å²) >= 11 is 0. The van der Waals surface area contributed by atoms with E-state index in [1.807, 2.05) is 4.57 Å². The van der Waals surface area contributed by atoms with Crippen LogP contribution in [-0.2, 0) is 12.8 Å². The van der Waals surface area contributed by atoms with Gasteiger partial charge >= 0.3 is 0 Å². The number of nitrogens with one attached hydrogen (secondary N) is 1. The van der Waals surface area contributed by atoms with Crippen LogP contribution in [0.5, 0.6) is 0 Å². The fourth-order valence-electron chi connectivity index (χ4n) is 4.96. The number of H-pyrrole nitrogens is 1. The topological polar surface area (TPSA) is 75.8 Å². The van der Waals surface area contributed by atoms with Crippen LogP contribution in [0.2, 0.25) is 0 Å². The summed E-state index contributed by atoms with van der Waals surface area (Å²) in [6, 6.07) is 17.8. The highest BCUT2D eigenvalue weighted by molar-refractivity contribution is 5.85. The number of likely N-dealkylation sites (tertiary alicyclic amines) is 1. The van der Waals surface area contributed by atoms with E-state index in [4.69, 9.17) is 5.73 Å².